The van der Waals surface area contributed by atoms with E-state index in [0.29, 0.717) is 17.1 Å². The summed E-state index contributed by atoms with van der Waals surface area (Å²) >= 11 is 6.23. The number of hydrogen-bond donors (Lipinski definition) is 0. The van der Waals surface area contributed by atoms with Crippen LogP contribution in [-0.2, 0) is 17.8 Å². The van der Waals surface area contributed by atoms with Gasteiger partial charge in [-0.25, -0.2) is 4.39 Å². The Morgan fingerprint density at radius 2 is 1.88 bits per heavy atom. The van der Waals surface area contributed by atoms with Gasteiger partial charge in [0, 0.05) is 55.7 Å². The van der Waals surface area contributed by atoms with Crippen molar-refractivity contribution in [3.63, 3.8) is 0 Å². The smallest absolute Gasteiger partial charge is 0.129 e. The SMILES string of the molecule is Fc1cccc(Cl)c1CN(CCCN1CCOCC1)Cc1ccncc1. The first-order chi connectivity index (χ1) is 12.7. The summed E-state index contributed by atoms with van der Waals surface area (Å²) in [5.41, 5.74) is 1.73. The van der Waals surface area contributed by atoms with Gasteiger partial charge in [0.05, 0.1) is 13.2 Å². The topological polar surface area (TPSA) is 28.6 Å². The van der Waals surface area contributed by atoms with Gasteiger partial charge >= 0.3 is 0 Å². The lowest BCUT2D eigenvalue weighted by molar-refractivity contribution is 0.0358. The molecule has 1 aliphatic heterocycles. The van der Waals surface area contributed by atoms with Crippen molar-refractivity contribution < 1.29 is 9.13 Å². The molecule has 0 spiro atoms. The van der Waals surface area contributed by atoms with Gasteiger partial charge in [-0.05, 0) is 42.8 Å². The number of pyridine rings is 1. The van der Waals surface area contributed by atoms with Crippen LogP contribution in [0.25, 0.3) is 0 Å². The number of hydrogen-bond acceptors (Lipinski definition) is 4. The van der Waals surface area contributed by atoms with Gasteiger partial charge in [-0.15, -0.1) is 0 Å². The Balaban J connectivity index is 1.63. The fourth-order valence-electron chi connectivity index (χ4n) is 3.21. The molecule has 0 radical (unpaired) electrons. The maximum Gasteiger partial charge on any atom is 0.129 e. The minimum Gasteiger partial charge on any atom is -0.379 e. The van der Waals surface area contributed by atoms with Crippen LogP contribution in [0, 0.1) is 5.82 Å². The number of morpholine rings is 1. The predicted molar refractivity (Wildman–Crippen MR) is 102 cm³/mol. The molecule has 0 N–H and O–H groups in total. The van der Waals surface area contributed by atoms with Crippen LogP contribution < -0.4 is 0 Å². The third-order valence-corrected chi connectivity index (χ3v) is 5.01. The molecule has 0 atom stereocenters. The number of rotatable bonds is 8. The molecule has 0 saturated carbocycles. The maximum atomic E-state index is 14.2. The summed E-state index contributed by atoms with van der Waals surface area (Å²) in [5, 5.41) is 0.484. The van der Waals surface area contributed by atoms with Crippen molar-refractivity contribution in [3.05, 3.63) is 64.7 Å². The monoisotopic (exact) mass is 377 g/mol. The lowest BCUT2D eigenvalue weighted by Gasteiger charge is -2.28. The summed E-state index contributed by atoms with van der Waals surface area (Å²) in [6.07, 6.45) is 4.60. The molecule has 26 heavy (non-hydrogen) atoms. The van der Waals surface area contributed by atoms with E-state index in [1.54, 1.807) is 24.5 Å². The lowest BCUT2D eigenvalue weighted by atomic mass is 10.1. The molecule has 0 unspecified atom stereocenters. The van der Waals surface area contributed by atoms with Gasteiger partial charge in [0.2, 0.25) is 0 Å². The summed E-state index contributed by atoms with van der Waals surface area (Å²) < 4.78 is 19.6. The highest BCUT2D eigenvalue weighted by molar-refractivity contribution is 6.31. The molecule has 0 bridgehead atoms. The highest BCUT2D eigenvalue weighted by Gasteiger charge is 2.15. The minimum atomic E-state index is -0.245. The molecule has 3 rings (SSSR count). The van der Waals surface area contributed by atoms with E-state index in [1.807, 2.05) is 12.1 Å². The predicted octanol–water partition coefficient (Wildman–Crippen LogP) is 3.60. The number of nitrogens with zero attached hydrogens (tertiary/aromatic N) is 3. The van der Waals surface area contributed by atoms with Crippen molar-refractivity contribution in [2.45, 2.75) is 19.5 Å². The quantitative estimate of drug-likeness (QED) is 0.702. The zero-order valence-electron chi connectivity index (χ0n) is 14.9. The molecule has 6 heteroatoms. The van der Waals surface area contributed by atoms with Crippen LogP contribution in [0.4, 0.5) is 4.39 Å². The van der Waals surface area contributed by atoms with Crippen LogP contribution in [-0.4, -0.2) is 54.2 Å². The molecular formula is C20H25ClFN3O. The third kappa shape index (κ3) is 5.74. The van der Waals surface area contributed by atoms with E-state index in [2.05, 4.69) is 14.8 Å². The van der Waals surface area contributed by atoms with Gasteiger partial charge in [-0.2, -0.15) is 0 Å². The fraction of sp³-hybridized carbons (Fsp3) is 0.450. The number of benzene rings is 1. The first kappa shape index (κ1) is 19.2. The molecular weight excluding hydrogens is 353 g/mol. The van der Waals surface area contributed by atoms with E-state index in [1.165, 1.54) is 11.6 Å². The molecule has 0 amide bonds. The zero-order chi connectivity index (χ0) is 18.2. The Hall–Kier alpha value is -1.53. The standard InChI is InChI=1S/C20H25ClFN3O/c21-19-3-1-4-20(22)18(19)16-25(15-17-5-7-23-8-6-17)10-2-9-24-11-13-26-14-12-24/h1,3-8H,2,9-16H2. The van der Waals surface area contributed by atoms with E-state index >= 15 is 0 Å². The second-order valence-electron chi connectivity index (χ2n) is 6.57. The summed E-state index contributed by atoms with van der Waals surface area (Å²) in [6.45, 7) is 6.75. The summed E-state index contributed by atoms with van der Waals surface area (Å²) in [7, 11) is 0. The van der Waals surface area contributed by atoms with Crippen LogP contribution >= 0.6 is 11.6 Å². The van der Waals surface area contributed by atoms with Crippen molar-refractivity contribution >= 4 is 11.6 Å². The molecule has 2 heterocycles. The van der Waals surface area contributed by atoms with Crippen molar-refractivity contribution in [2.75, 3.05) is 39.4 Å². The van der Waals surface area contributed by atoms with Gasteiger partial charge in [-0.3, -0.25) is 14.8 Å². The van der Waals surface area contributed by atoms with Gasteiger partial charge < -0.3 is 4.74 Å². The molecule has 140 valence electrons. The van der Waals surface area contributed by atoms with Gasteiger partial charge in [0.25, 0.3) is 0 Å². The number of halogens is 2. The van der Waals surface area contributed by atoms with E-state index in [0.717, 1.165) is 52.4 Å². The average molecular weight is 378 g/mol. The average Bonchev–Trinajstić information content (AvgIpc) is 2.66. The molecule has 2 aromatic rings. The Bertz CT molecular complexity index is 660. The van der Waals surface area contributed by atoms with Crippen molar-refractivity contribution in [2.24, 2.45) is 0 Å². The van der Waals surface area contributed by atoms with Crippen LogP contribution in [0.2, 0.25) is 5.02 Å². The summed E-state index contributed by atoms with van der Waals surface area (Å²) in [6, 6.07) is 8.86. The second kappa shape index (κ2) is 9.97. The highest BCUT2D eigenvalue weighted by atomic mass is 35.5. The Morgan fingerprint density at radius 3 is 2.62 bits per heavy atom. The normalized spacial score (nSPS) is 15.5. The Labute approximate surface area is 159 Å². The van der Waals surface area contributed by atoms with E-state index in [9.17, 15) is 4.39 Å². The molecule has 1 aliphatic rings. The summed E-state index contributed by atoms with van der Waals surface area (Å²) in [4.78, 5) is 8.74. The maximum absolute atomic E-state index is 14.2. The second-order valence-corrected chi connectivity index (χ2v) is 6.98. The first-order valence-electron chi connectivity index (χ1n) is 9.06. The van der Waals surface area contributed by atoms with E-state index < -0.39 is 0 Å². The molecule has 1 saturated heterocycles. The third-order valence-electron chi connectivity index (χ3n) is 4.65. The summed E-state index contributed by atoms with van der Waals surface area (Å²) in [5.74, 6) is -0.245. The fourth-order valence-corrected chi connectivity index (χ4v) is 3.43. The van der Waals surface area contributed by atoms with Crippen LogP contribution in [0.3, 0.4) is 0 Å². The van der Waals surface area contributed by atoms with Crippen LogP contribution in [0.15, 0.2) is 42.7 Å². The minimum absolute atomic E-state index is 0.245. The largest absolute Gasteiger partial charge is 0.379 e. The molecule has 1 aromatic carbocycles. The Morgan fingerprint density at radius 1 is 1.12 bits per heavy atom. The van der Waals surface area contributed by atoms with Crippen molar-refractivity contribution in [3.8, 4) is 0 Å². The van der Waals surface area contributed by atoms with Crippen LogP contribution in [0.5, 0.6) is 0 Å². The number of aromatic nitrogens is 1. The lowest BCUT2D eigenvalue weighted by Crippen LogP contribution is -2.38. The van der Waals surface area contributed by atoms with E-state index in [-0.39, 0.29) is 5.82 Å². The van der Waals surface area contributed by atoms with Crippen LogP contribution in [0.1, 0.15) is 17.5 Å². The van der Waals surface area contributed by atoms with Gasteiger partial charge in [0.1, 0.15) is 5.82 Å². The zero-order valence-corrected chi connectivity index (χ0v) is 15.7. The molecule has 0 aliphatic carbocycles. The van der Waals surface area contributed by atoms with Crippen molar-refractivity contribution in [1.29, 1.82) is 0 Å². The molecule has 4 nitrogen and oxygen atoms in total. The van der Waals surface area contributed by atoms with Gasteiger partial charge in [-0.1, -0.05) is 17.7 Å². The molecule has 1 fully saturated rings. The molecule has 1 aromatic heterocycles. The first-order valence-corrected chi connectivity index (χ1v) is 9.44. The number of ether oxygens (including phenoxy) is 1. The van der Waals surface area contributed by atoms with Gasteiger partial charge in [0.15, 0.2) is 0 Å². The van der Waals surface area contributed by atoms with E-state index in [4.69, 9.17) is 16.3 Å². The highest BCUT2D eigenvalue weighted by Crippen LogP contribution is 2.22. The Kier molecular flexibility index (Phi) is 7.38. The van der Waals surface area contributed by atoms with Crippen molar-refractivity contribution in [1.82, 2.24) is 14.8 Å².